The number of rotatable bonds is 9. The van der Waals surface area contributed by atoms with Gasteiger partial charge in [0.1, 0.15) is 12.3 Å². The third kappa shape index (κ3) is 8.64. The Morgan fingerprint density at radius 1 is 1.07 bits per heavy atom. The molecule has 0 aliphatic carbocycles. The lowest BCUT2D eigenvalue weighted by molar-refractivity contribution is -0.127. The maximum absolute atomic E-state index is 11.8. The van der Waals surface area contributed by atoms with Crippen LogP contribution in [-0.2, 0) is 11.3 Å². The SMILES string of the molecule is CN(C)C(=O)CN=C(NCCCN(C)c1ccccc1)NCc1ccco1.I. The molecule has 154 valence electrons. The van der Waals surface area contributed by atoms with Crippen LogP contribution >= 0.6 is 24.0 Å². The summed E-state index contributed by atoms with van der Waals surface area (Å²) in [6.45, 7) is 2.28. The normalized spacial score (nSPS) is 10.8. The van der Waals surface area contributed by atoms with Crippen molar-refractivity contribution in [3.63, 3.8) is 0 Å². The van der Waals surface area contributed by atoms with E-state index in [1.807, 2.05) is 30.3 Å². The van der Waals surface area contributed by atoms with Gasteiger partial charge < -0.3 is 24.9 Å². The lowest BCUT2D eigenvalue weighted by Crippen LogP contribution is -2.39. The van der Waals surface area contributed by atoms with E-state index in [1.54, 1.807) is 20.4 Å². The molecule has 28 heavy (non-hydrogen) atoms. The number of hydrogen-bond donors (Lipinski definition) is 2. The average molecular weight is 499 g/mol. The summed E-state index contributed by atoms with van der Waals surface area (Å²) >= 11 is 0. The van der Waals surface area contributed by atoms with E-state index < -0.39 is 0 Å². The number of nitrogens with one attached hydrogen (secondary N) is 2. The maximum atomic E-state index is 11.8. The Morgan fingerprint density at radius 3 is 2.46 bits per heavy atom. The van der Waals surface area contributed by atoms with Crippen LogP contribution in [0.1, 0.15) is 12.2 Å². The molecule has 0 fully saturated rings. The molecule has 1 heterocycles. The fraction of sp³-hybridized carbons (Fsp3) is 0.400. The summed E-state index contributed by atoms with van der Waals surface area (Å²) in [5, 5.41) is 6.48. The highest BCUT2D eigenvalue weighted by Crippen LogP contribution is 2.10. The van der Waals surface area contributed by atoms with Gasteiger partial charge in [-0.1, -0.05) is 18.2 Å². The number of carbonyl (C=O) groups is 1. The predicted octanol–water partition coefficient (Wildman–Crippen LogP) is 2.55. The summed E-state index contributed by atoms with van der Waals surface area (Å²) < 4.78 is 5.33. The van der Waals surface area contributed by atoms with Crippen LogP contribution in [0, 0.1) is 0 Å². The Kier molecular flexibility index (Phi) is 11.1. The molecule has 2 rings (SSSR count). The van der Waals surface area contributed by atoms with Gasteiger partial charge in [-0.25, -0.2) is 4.99 Å². The molecule has 0 saturated carbocycles. The van der Waals surface area contributed by atoms with Crippen LogP contribution in [0.15, 0.2) is 58.1 Å². The molecule has 0 unspecified atom stereocenters. The van der Waals surface area contributed by atoms with E-state index in [1.165, 1.54) is 10.6 Å². The van der Waals surface area contributed by atoms with Gasteiger partial charge in [-0.05, 0) is 30.7 Å². The summed E-state index contributed by atoms with van der Waals surface area (Å²) in [6, 6.07) is 14.0. The van der Waals surface area contributed by atoms with Gasteiger partial charge in [0.15, 0.2) is 5.96 Å². The van der Waals surface area contributed by atoms with E-state index in [2.05, 4.69) is 39.7 Å². The number of likely N-dealkylation sites (N-methyl/N-ethyl adjacent to an activating group) is 1. The summed E-state index contributed by atoms with van der Waals surface area (Å²) in [7, 11) is 5.52. The molecule has 1 aromatic carbocycles. The minimum atomic E-state index is -0.0436. The van der Waals surface area contributed by atoms with Gasteiger partial charge in [0.05, 0.1) is 12.8 Å². The van der Waals surface area contributed by atoms with Crippen molar-refractivity contribution in [2.75, 3.05) is 45.7 Å². The summed E-state index contributed by atoms with van der Waals surface area (Å²) in [4.78, 5) is 19.9. The van der Waals surface area contributed by atoms with Gasteiger partial charge in [-0.2, -0.15) is 0 Å². The Bertz CT molecular complexity index is 705. The second kappa shape index (κ2) is 13.0. The molecule has 2 N–H and O–H groups in total. The molecule has 0 atom stereocenters. The molecule has 0 aliphatic rings. The number of aliphatic imine (C=N–C) groups is 1. The van der Waals surface area contributed by atoms with Crippen molar-refractivity contribution < 1.29 is 9.21 Å². The lowest BCUT2D eigenvalue weighted by atomic mass is 10.3. The first-order valence-corrected chi connectivity index (χ1v) is 9.07. The highest BCUT2D eigenvalue weighted by Gasteiger charge is 2.06. The maximum Gasteiger partial charge on any atom is 0.243 e. The summed E-state index contributed by atoms with van der Waals surface area (Å²) in [6.07, 6.45) is 2.57. The number of halogens is 1. The fourth-order valence-corrected chi connectivity index (χ4v) is 2.38. The van der Waals surface area contributed by atoms with E-state index in [9.17, 15) is 4.79 Å². The summed E-state index contributed by atoms with van der Waals surface area (Å²) in [5.74, 6) is 1.37. The standard InChI is InChI=1S/C20H29N5O2.HI/c1-24(2)19(26)16-23-20(22-15-18-11-7-14-27-18)21-12-8-13-25(3)17-9-5-4-6-10-17;/h4-7,9-11,14H,8,12-13,15-16H2,1-3H3,(H2,21,22,23);1H. The van der Waals surface area contributed by atoms with E-state index in [0.717, 1.165) is 25.3 Å². The smallest absolute Gasteiger partial charge is 0.243 e. The van der Waals surface area contributed by atoms with Crippen molar-refractivity contribution in [2.24, 2.45) is 4.99 Å². The first-order chi connectivity index (χ1) is 13.1. The zero-order valence-corrected chi connectivity index (χ0v) is 19.1. The van der Waals surface area contributed by atoms with Gasteiger partial charge in [0, 0.05) is 39.9 Å². The molecule has 0 spiro atoms. The Hall–Kier alpha value is -2.23. The number of amides is 1. The van der Waals surface area contributed by atoms with E-state index in [0.29, 0.717) is 12.5 Å². The number of nitrogens with zero attached hydrogens (tertiary/aromatic N) is 3. The van der Waals surface area contributed by atoms with Crippen LogP contribution in [0.25, 0.3) is 0 Å². The number of hydrogen-bond acceptors (Lipinski definition) is 4. The number of anilines is 1. The van der Waals surface area contributed by atoms with Gasteiger partial charge in [-0.15, -0.1) is 24.0 Å². The van der Waals surface area contributed by atoms with Crippen LogP contribution in [0.5, 0.6) is 0 Å². The number of benzene rings is 1. The molecule has 1 aromatic heterocycles. The van der Waals surface area contributed by atoms with E-state index in [-0.39, 0.29) is 36.4 Å². The Labute approximate surface area is 184 Å². The molecule has 0 radical (unpaired) electrons. The monoisotopic (exact) mass is 499 g/mol. The molecular weight excluding hydrogens is 469 g/mol. The largest absolute Gasteiger partial charge is 0.467 e. The van der Waals surface area contributed by atoms with Gasteiger partial charge in [-0.3, -0.25) is 4.79 Å². The first kappa shape index (κ1) is 23.8. The van der Waals surface area contributed by atoms with Crippen molar-refractivity contribution in [2.45, 2.75) is 13.0 Å². The van der Waals surface area contributed by atoms with Crippen molar-refractivity contribution >= 4 is 41.5 Å². The van der Waals surface area contributed by atoms with Crippen LogP contribution in [0.2, 0.25) is 0 Å². The quantitative estimate of drug-likeness (QED) is 0.240. The molecule has 7 nitrogen and oxygen atoms in total. The molecule has 0 saturated heterocycles. The summed E-state index contributed by atoms with van der Waals surface area (Å²) in [5.41, 5.74) is 1.19. The lowest BCUT2D eigenvalue weighted by Gasteiger charge is -2.19. The van der Waals surface area contributed by atoms with Gasteiger partial charge in [0.25, 0.3) is 0 Å². The van der Waals surface area contributed by atoms with Gasteiger partial charge >= 0.3 is 0 Å². The third-order valence-corrected chi connectivity index (χ3v) is 4.04. The Balaban J connectivity index is 0.00000392. The zero-order chi connectivity index (χ0) is 19.5. The Morgan fingerprint density at radius 2 is 1.82 bits per heavy atom. The molecule has 1 amide bonds. The second-order valence-corrected chi connectivity index (χ2v) is 6.42. The average Bonchev–Trinajstić information content (AvgIpc) is 3.20. The number of furan rings is 1. The number of carbonyl (C=O) groups excluding carboxylic acids is 1. The second-order valence-electron chi connectivity index (χ2n) is 6.42. The van der Waals surface area contributed by atoms with Crippen LogP contribution in [-0.4, -0.2) is 57.5 Å². The fourth-order valence-electron chi connectivity index (χ4n) is 2.38. The molecule has 2 aromatic rings. The predicted molar refractivity (Wildman–Crippen MR) is 124 cm³/mol. The highest BCUT2D eigenvalue weighted by atomic mass is 127. The first-order valence-electron chi connectivity index (χ1n) is 9.07. The minimum absolute atomic E-state index is 0. The van der Waals surface area contributed by atoms with Crippen LogP contribution in [0.4, 0.5) is 5.69 Å². The molecular formula is C20H30IN5O2. The topological polar surface area (TPSA) is 73.1 Å². The van der Waals surface area contributed by atoms with Gasteiger partial charge in [0.2, 0.25) is 5.91 Å². The number of para-hydroxylation sites is 1. The third-order valence-electron chi connectivity index (χ3n) is 4.04. The minimum Gasteiger partial charge on any atom is -0.467 e. The molecule has 8 heteroatoms. The van der Waals surface area contributed by atoms with E-state index >= 15 is 0 Å². The molecule has 0 aliphatic heterocycles. The van der Waals surface area contributed by atoms with Crippen LogP contribution < -0.4 is 15.5 Å². The van der Waals surface area contributed by atoms with Crippen molar-refractivity contribution in [3.8, 4) is 0 Å². The highest BCUT2D eigenvalue weighted by molar-refractivity contribution is 14.0. The van der Waals surface area contributed by atoms with E-state index in [4.69, 9.17) is 4.42 Å². The van der Waals surface area contributed by atoms with Crippen molar-refractivity contribution in [3.05, 3.63) is 54.5 Å². The van der Waals surface area contributed by atoms with Crippen LogP contribution in [0.3, 0.4) is 0 Å². The number of guanidine groups is 1. The van der Waals surface area contributed by atoms with Crippen molar-refractivity contribution in [1.82, 2.24) is 15.5 Å². The zero-order valence-electron chi connectivity index (χ0n) is 16.7. The van der Waals surface area contributed by atoms with Crippen molar-refractivity contribution in [1.29, 1.82) is 0 Å². The molecule has 0 bridgehead atoms.